The molecule has 0 radical (unpaired) electrons. The molecule has 2 rings (SSSR count). The molecule has 0 unspecified atom stereocenters. The van der Waals surface area contributed by atoms with Gasteiger partial charge in [0.15, 0.2) is 0 Å². The van der Waals surface area contributed by atoms with E-state index in [2.05, 4.69) is 56.9 Å². The lowest BCUT2D eigenvalue weighted by atomic mass is 10.0. The Hall–Kier alpha value is -2.93. The number of hydrogen-bond donors (Lipinski definition) is 3. The number of aryl methyl sites for hydroxylation is 4. The van der Waals surface area contributed by atoms with Gasteiger partial charge in [-0.1, -0.05) is 12.1 Å². The van der Waals surface area contributed by atoms with E-state index in [-0.39, 0.29) is 13.1 Å². The van der Waals surface area contributed by atoms with E-state index in [9.17, 15) is 9.59 Å². The van der Waals surface area contributed by atoms with E-state index < -0.39 is 11.9 Å². The van der Waals surface area contributed by atoms with Crippen LogP contribution in [0.25, 0.3) is 0 Å². The molecule has 0 amide bonds. The number of aliphatic imine (C=N–C) groups is 1. The number of isothiocyanates is 1. The summed E-state index contributed by atoms with van der Waals surface area (Å²) >= 11 is 4.58. The predicted molar refractivity (Wildman–Crippen MR) is 110 cm³/mol. The van der Waals surface area contributed by atoms with E-state index in [0.29, 0.717) is 0 Å². The summed E-state index contributed by atoms with van der Waals surface area (Å²) in [6.07, 6.45) is 2.05. The molecule has 0 aliphatic rings. The summed E-state index contributed by atoms with van der Waals surface area (Å²) in [6, 6.07) is 12.4. The van der Waals surface area contributed by atoms with Crippen LogP contribution in [-0.2, 0) is 22.4 Å². The number of nitrogens with zero attached hydrogens (tertiary/aromatic N) is 2. The standard InChI is InChI=1S/C16H16N2S.C4H7NO4/c1-12-9-15(10-13(2)18-12)4-3-14-5-7-16(8-6-14)17-11-19;6-3(7)1-5-2-4(8)9/h5-10H,3-4H2,1-2H3;5H,1-2H2,(H,6,7)(H,8,9). The van der Waals surface area contributed by atoms with Crippen LogP contribution in [0.5, 0.6) is 0 Å². The molecule has 0 bridgehead atoms. The summed E-state index contributed by atoms with van der Waals surface area (Å²) in [4.78, 5) is 27.8. The first-order chi connectivity index (χ1) is 13.3. The van der Waals surface area contributed by atoms with Crippen molar-refractivity contribution in [1.82, 2.24) is 10.3 Å². The van der Waals surface area contributed by atoms with Gasteiger partial charge in [-0.15, -0.1) is 0 Å². The van der Waals surface area contributed by atoms with Gasteiger partial charge in [0.25, 0.3) is 0 Å². The lowest BCUT2D eigenvalue weighted by molar-refractivity contribution is -0.137. The van der Waals surface area contributed by atoms with Crippen LogP contribution in [0, 0.1) is 13.8 Å². The quantitative estimate of drug-likeness (QED) is 0.460. The topological polar surface area (TPSA) is 112 Å². The molecular formula is C20H23N3O4S. The Labute approximate surface area is 169 Å². The van der Waals surface area contributed by atoms with Crippen LogP contribution < -0.4 is 5.32 Å². The number of hydrogen-bond acceptors (Lipinski definition) is 6. The summed E-state index contributed by atoms with van der Waals surface area (Å²) in [6.45, 7) is 3.45. The van der Waals surface area contributed by atoms with Crippen molar-refractivity contribution < 1.29 is 19.8 Å². The van der Waals surface area contributed by atoms with Crippen LogP contribution in [0.1, 0.15) is 22.5 Å². The first kappa shape index (κ1) is 23.1. The van der Waals surface area contributed by atoms with E-state index >= 15 is 0 Å². The molecule has 1 aromatic heterocycles. The lowest BCUT2D eigenvalue weighted by Crippen LogP contribution is -2.27. The van der Waals surface area contributed by atoms with E-state index in [4.69, 9.17) is 10.2 Å². The molecule has 0 spiro atoms. The van der Waals surface area contributed by atoms with Gasteiger partial charge in [-0.2, -0.15) is 4.99 Å². The maximum Gasteiger partial charge on any atom is 0.317 e. The zero-order valence-electron chi connectivity index (χ0n) is 15.8. The highest BCUT2D eigenvalue weighted by molar-refractivity contribution is 7.78. The summed E-state index contributed by atoms with van der Waals surface area (Å²) in [7, 11) is 0. The second kappa shape index (κ2) is 12.5. The normalized spacial score (nSPS) is 9.64. The molecule has 0 fully saturated rings. The summed E-state index contributed by atoms with van der Waals surface area (Å²) in [5.74, 6) is -2.12. The molecular weight excluding hydrogens is 378 g/mol. The van der Waals surface area contributed by atoms with Gasteiger partial charge in [-0.3, -0.25) is 19.9 Å². The Bertz CT molecular complexity index is 813. The van der Waals surface area contributed by atoms with E-state index in [1.54, 1.807) is 0 Å². The number of pyridine rings is 1. The molecule has 0 aliphatic heterocycles. The van der Waals surface area contributed by atoms with Gasteiger partial charge in [0.2, 0.25) is 0 Å². The monoisotopic (exact) mass is 401 g/mol. The molecule has 148 valence electrons. The highest BCUT2D eigenvalue weighted by Gasteiger charge is 2.00. The molecule has 1 aromatic carbocycles. The van der Waals surface area contributed by atoms with Crippen molar-refractivity contribution in [2.45, 2.75) is 26.7 Å². The number of nitrogens with one attached hydrogen (secondary N) is 1. The highest BCUT2D eigenvalue weighted by Crippen LogP contribution is 2.14. The maximum absolute atomic E-state index is 9.73. The van der Waals surface area contributed by atoms with Gasteiger partial charge in [0, 0.05) is 11.4 Å². The first-order valence-corrected chi connectivity index (χ1v) is 8.96. The lowest BCUT2D eigenvalue weighted by Gasteiger charge is -2.05. The van der Waals surface area contributed by atoms with Crippen molar-refractivity contribution in [3.05, 3.63) is 58.9 Å². The Balaban J connectivity index is 0.000000370. The summed E-state index contributed by atoms with van der Waals surface area (Å²) < 4.78 is 0. The number of carboxylic acids is 2. The third kappa shape index (κ3) is 10.3. The molecule has 28 heavy (non-hydrogen) atoms. The van der Waals surface area contributed by atoms with Crippen molar-refractivity contribution in [3.8, 4) is 0 Å². The molecule has 0 atom stereocenters. The van der Waals surface area contributed by atoms with Crippen molar-refractivity contribution in [1.29, 1.82) is 0 Å². The van der Waals surface area contributed by atoms with Crippen LogP contribution in [0.4, 0.5) is 5.69 Å². The first-order valence-electron chi connectivity index (χ1n) is 8.55. The zero-order chi connectivity index (χ0) is 20.9. The van der Waals surface area contributed by atoms with Crippen LogP contribution in [0.15, 0.2) is 41.4 Å². The smallest absolute Gasteiger partial charge is 0.317 e. The third-order valence-electron chi connectivity index (χ3n) is 3.51. The number of carboxylic acid groups (broad SMARTS) is 2. The summed E-state index contributed by atoms with van der Waals surface area (Å²) in [5, 5.41) is 20.5. The largest absolute Gasteiger partial charge is 0.480 e. The fourth-order valence-corrected chi connectivity index (χ4v) is 2.53. The average Bonchev–Trinajstić information content (AvgIpc) is 2.60. The number of carbonyl (C=O) groups is 2. The van der Waals surface area contributed by atoms with Crippen LogP contribution >= 0.6 is 12.2 Å². The van der Waals surface area contributed by atoms with Gasteiger partial charge in [-0.25, -0.2) is 0 Å². The predicted octanol–water partition coefficient (Wildman–Crippen LogP) is 2.96. The SMILES string of the molecule is Cc1cc(CCc2ccc(N=C=S)cc2)cc(C)n1.O=C(O)CNCC(=O)O. The molecule has 7 nitrogen and oxygen atoms in total. The average molecular weight is 401 g/mol. The van der Waals surface area contributed by atoms with Crippen molar-refractivity contribution in [3.63, 3.8) is 0 Å². The minimum Gasteiger partial charge on any atom is -0.480 e. The van der Waals surface area contributed by atoms with Gasteiger partial charge in [0.05, 0.1) is 23.9 Å². The maximum atomic E-state index is 9.73. The van der Waals surface area contributed by atoms with Gasteiger partial charge in [-0.05, 0) is 74.3 Å². The highest BCUT2D eigenvalue weighted by atomic mass is 32.1. The zero-order valence-corrected chi connectivity index (χ0v) is 16.6. The van der Waals surface area contributed by atoms with E-state index in [0.717, 1.165) is 29.9 Å². The minimum absolute atomic E-state index is 0.313. The van der Waals surface area contributed by atoms with Crippen LogP contribution in [-0.4, -0.2) is 45.4 Å². The van der Waals surface area contributed by atoms with Crippen molar-refractivity contribution in [2.24, 2.45) is 4.99 Å². The molecule has 0 aliphatic carbocycles. The van der Waals surface area contributed by atoms with E-state index in [1.807, 2.05) is 26.0 Å². The summed E-state index contributed by atoms with van der Waals surface area (Å²) in [5.41, 5.74) is 5.66. The van der Waals surface area contributed by atoms with Crippen molar-refractivity contribution in [2.75, 3.05) is 13.1 Å². The second-order valence-corrected chi connectivity index (χ2v) is 6.20. The Kier molecular flexibility index (Phi) is 10.3. The number of thiocarbonyl (C=S) groups is 1. The molecule has 0 saturated carbocycles. The van der Waals surface area contributed by atoms with Crippen molar-refractivity contribution >= 4 is 35.0 Å². The minimum atomic E-state index is -1.06. The van der Waals surface area contributed by atoms with Crippen LogP contribution in [0.2, 0.25) is 0 Å². The second-order valence-electron chi connectivity index (χ2n) is 6.02. The Morgan fingerprint density at radius 2 is 1.50 bits per heavy atom. The van der Waals surface area contributed by atoms with Gasteiger partial charge >= 0.3 is 11.9 Å². The fraction of sp³-hybridized carbons (Fsp3) is 0.300. The number of aliphatic carboxylic acids is 2. The molecule has 2 aromatic rings. The molecule has 0 saturated heterocycles. The van der Waals surface area contributed by atoms with E-state index in [1.165, 1.54) is 11.1 Å². The third-order valence-corrected chi connectivity index (χ3v) is 3.60. The fourth-order valence-electron chi connectivity index (χ4n) is 2.42. The molecule has 8 heteroatoms. The molecule has 3 N–H and O–H groups in total. The number of rotatable bonds is 8. The van der Waals surface area contributed by atoms with Gasteiger partial charge in [0.1, 0.15) is 0 Å². The molecule has 1 heterocycles. The van der Waals surface area contributed by atoms with Gasteiger partial charge < -0.3 is 10.2 Å². The number of aromatic nitrogens is 1. The Morgan fingerprint density at radius 1 is 1.00 bits per heavy atom. The van der Waals surface area contributed by atoms with Crippen LogP contribution in [0.3, 0.4) is 0 Å². The number of benzene rings is 1. The Morgan fingerprint density at radius 3 is 1.96 bits per heavy atom.